The van der Waals surface area contributed by atoms with Gasteiger partial charge in [0, 0.05) is 17.5 Å². The maximum Gasteiger partial charge on any atom is 0.337 e. The van der Waals surface area contributed by atoms with E-state index in [1.807, 2.05) is 11.5 Å². The number of carboxylic acid groups (broad SMARTS) is 1. The van der Waals surface area contributed by atoms with Crippen LogP contribution < -0.4 is 4.74 Å². The third-order valence-corrected chi connectivity index (χ3v) is 3.38. The number of benzene rings is 1. The van der Waals surface area contributed by atoms with Crippen molar-refractivity contribution in [3.05, 3.63) is 46.2 Å². The van der Waals surface area contributed by atoms with Gasteiger partial charge >= 0.3 is 5.97 Å². The number of rotatable bonds is 3. The van der Waals surface area contributed by atoms with E-state index < -0.39 is 5.97 Å². The third kappa shape index (κ3) is 2.31. The van der Waals surface area contributed by atoms with Crippen LogP contribution >= 0.6 is 11.6 Å². The molecule has 0 aliphatic carbocycles. The molecule has 0 fully saturated rings. The number of nitrogens with zero attached hydrogens (tertiary/aromatic N) is 1. The number of methoxy groups -OCH3 is 1. The van der Waals surface area contributed by atoms with Crippen molar-refractivity contribution in [1.29, 1.82) is 0 Å². The van der Waals surface area contributed by atoms with Crippen LogP contribution in [0.2, 0.25) is 5.02 Å². The highest BCUT2D eigenvalue weighted by Gasteiger charge is 2.17. The molecule has 4 nitrogen and oxygen atoms in total. The topological polar surface area (TPSA) is 51.5 Å². The van der Waals surface area contributed by atoms with Gasteiger partial charge in [-0.3, -0.25) is 0 Å². The summed E-state index contributed by atoms with van der Waals surface area (Å²) in [6, 6.07) is 6.91. The highest BCUT2D eigenvalue weighted by atomic mass is 35.5. The first kappa shape index (κ1) is 13.5. The third-order valence-electron chi connectivity index (χ3n) is 3.06. The van der Waals surface area contributed by atoms with Gasteiger partial charge in [0.05, 0.1) is 23.4 Å². The first-order valence-electron chi connectivity index (χ1n) is 5.72. The molecule has 0 amide bonds. The standard InChI is InChI=1S/C14H14ClNO3/c1-8-6-11(14(17)18)9(2)16(8)13-7-10(19-3)4-5-12(13)15/h4-7H,1-3H3,(H,17,18). The van der Waals surface area contributed by atoms with Crippen molar-refractivity contribution in [3.63, 3.8) is 0 Å². The molecular formula is C14H14ClNO3. The molecule has 0 spiro atoms. The SMILES string of the molecule is COc1ccc(Cl)c(-n2c(C)cc(C(=O)O)c2C)c1. The van der Waals surface area contributed by atoms with E-state index in [1.54, 1.807) is 38.3 Å². The number of aromatic nitrogens is 1. The average Bonchev–Trinajstić information content (AvgIpc) is 2.66. The molecular weight excluding hydrogens is 266 g/mol. The fourth-order valence-corrected chi connectivity index (χ4v) is 2.34. The van der Waals surface area contributed by atoms with Crippen molar-refractivity contribution >= 4 is 17.6 Å². The van der Waals surface area contributed by atoms with Crippen molar-refractivity contribution in [3.8, 4) is 11.4 Å². The van der Waals surface area contributed by atoms with Crippen molar-refractivity contribution in [1.82, 2.24) is 4.57 Å². The Labute approximate surface area is 116 Å². The van der Waals surface area contributed by atoms with Crippen molar-refractivity contribution in [2.75, 3.05) is 7.11 Å². The summed E-state index contributed by atoms with van der Waals surface area (Å²) in [5.74, 6) is -0.276. The summed E-state index contributed by atoms with van der Waals surface area (Å²) in [4.78, 5) is 11.2. The van der Waals surface area contributed by atoms with Crippen LogP contribution in [0.15, 0.2) is 24.3 Å². The lowest BCUT2D eigenvalue weighted by Crippen LogP contribution is -2.03. The number of ether oxygens (including phenoxy) is 1. The van der Waals surface area contributed by atoms with Crippen LogP contribution in [0.5, 0.6) is 5.75 Å². The van der Waals surface area contributed by atoms with E-state index in [9.17, 15) is 4.79 Å². The summed E-state index contributed by atoms with van der Waals surface area (Å²) >= 11 is 6.20. The molecule has 0 unspecified atom stereocenters. The fourth-order valence-electron chi connectivity index (χ4n) is 2.14. The van der Waals surface area contributed by atoms with Gasteiger partial charge in [-0.25, -0.2) is 4.79 Å². The molecule has 1 N–H and O–H groups in total. The molecule has 0 aliphatic rings. The second-order valence-corrected chi connectivity index (χ2v) is 4.65. The average molecular weight is 280 g/mol. The van der Waals surface area contributed by atoms with Crippen molar-refractivity contribution in [2.45, 2.75) is 13.8 Å². The molecule has 0 bridgehead atoms. The molecule has 1 aromatic carbocycles. The van der Waals surface area contributed by atoms with Crippen LogP contribution in [0.4, 0.5) is 0 Å². The van der Waals surface area contributed by atoms with Gasteiger partial charge in [-0.15, -0.1) is 0 Å². The first-order valence-corrected chi connectivity index (χ1v) is 6.09. The number of hydrogen-bond donors (Lipinski definition) is 1. The van der Waals surface area contributed by atoms with E-state index in [4.69, 9.17) is 21.4 Å². The second-order valence-electron chi connectivity index (χ2n) is 4.24. The zero-order valence-corrected chi connectivity index (χ0v) is 11.7. The molecule has 1 aromatic heterocycles. The lowest BCUT2D eigenvalue weighted by molar-refractivity contribution is 0.0696. The molecule has 0 saturated carbocycles. The molecule has 0 saturated heterocycles. The molecule has 2 rings (SSSR count). The predicted molar refractivity (Wildman–Crippen MR) is 73.8 cm³/mol. The summed E-state index contributed by atoms with van der Waals surface area (Å²) in [5.41, 5.74) is 2.44. The predicted octanol–water partition coefficient (Wildman–Crippen LogP) is 3.45. The number of carbonyl (C=O) groups is 1. The van der Waals surface area contributed by atoms with Gasteiger partial charge in [0.25, 0.3) is 0 Å². The van der Waals surface area contributed by atoms with E-state index in [0.717, 1.165) is 5.69 Å². The monoisotopic (exact) mass is 279 g/mol. The maximum absolute atomic E-state index is 11.2. The first-order chi connectivity index (χ1) is 8.95. The number of aryl methyl sites for hydroxylation is 1. The van der Waals surface area contributed by atoms with Crippen LogP contribution in [0, 0.1) is 13.8 Å². The lowest BCUT2D eigenvalue weighted by Gasteiger charge is -2.13. The minimum absolute atomic E-state index is 0.274. The number of halogens is 1. The van der Waals surface area contributed by atoms with E-state index in [0.29, 0.717) is 22.2 Å². The van der Waals surface area contributed by atoms with Crippen LogP contribution in [0.25, 0.3) is 5.69 Å². The van der Waals surface area contributed by atoms with E-state index >= 15 is 0 Å². The molecule has 2 aromatic rings. The maximum atomic E-state index is 11.2. The Bertz CT molecular complexity index is 646. The normalized spacial score (nSPS) is 10.5. The highest BCUT2D eigenvalue weighted by molar-refractivity contribution is 6.32. The Kier molecular flexibility index (Phi) is 3.53. The Hall–Kier alpha value is -1.94. The van der Waals surface area contributed by atoms with Gasteiger partial charge in [-0.1, -0.05) is 11.6 Å². The lowest BCUT2D eigenvalue weighted by atomic mass is 10.2. The van der Waals surface area contributed by atoms with Gasteiger partial charge < -0.3 is 14.4 Å². The second kappa shape index (κ2) is 4.97. The smallest absolute Gasteiger partial charge is 0.337 e. The number of aromatic carboxylic acids is 1. The molecule has 5 heteroatoms. The quantitative estimate of drug-likeness (QED) is 0.936. The van der Waals surface area contributed by atoms with E-state index in [1.165, 1.54) is 0 Å². The van der Waals surface area contributed by atoms with Gasteiger partial charge in [0.15, 0.2) is 0 Å². The zero-order chi connectivity index (χ0) is 14.2. The highest BCUT2D eigenvalue weighted by Crippen LogP contribution is 2.29. The number of carboxylic acids is 1. The molecule has 100 valence electrons. The Morgan fingerprint density at radius 2 is 2.00 bits per heavy atom. The van der Waals surface area contributed by atoms with Gasteiger partial charge in [0.2, 0.25) is 0 Å². The van der Waals surface area contributed by atoms with E-state index in [-0.39, 0.29) is 5.56 Å². The van der Waals surface area contributed by atoms with Crippen molar-refractivity contribution < 1.29 is 14.6 Å². The summed E-state index contributed by atoms with van der Waals surface area (Å²) in [7, 11) is 1.57. The fraction of sp³-hybridized carbons (Fsp3) is 0.214. The van der Waals surface area contributed by atoms with E-state index in [2.05, 4.69) is 0 Å². The van der Waals surface area contributed by atoms with Crippen molar-refractivity contribution in [2.24, 2.45) is 0 Å². The Morgan fingerprint density at radius 3 is 2.53 bits per heavy atom. The van der Waals surface area contributed by atoms with Gasteiger partial charge in [-0.2, -0.15) is 0 Å². The van der Waals surface area contributed by atoms with Gasteiger partial charge in [-0.05, 0) is 32.0 Å². The Balaban J connectivity index is 2.68. The zero-order valence-electron chi connectivity index (χ0n) is 10.9. The van der Waals surface area contributed by atoms with Crippen LogP contribution in [-0.2, 0) is 0 Å². The molecule has 1 heterocycles. The minimum atomic E-state index is -0.946. The summed E-state index contributed by atoms with van der Waals surface area (Å²) in [6.07, 6.45) is 0. The summed E-state index contributed by atoms with van der Waals surface area (Å²) in [6.45, 7) is 3.60. The number of hydrogen-bond acceptors (Lipinski definition) is 2. The molecule has 19 heavy (non-hydrogen) atoms. The summed E-state index contributed by atoms with van der Waals surface area (Å²) < 4.78 is 6.99. The minimum Gasteiger partial charge on any atom is -0.497 e. The summed E-state index contributed by atoms with van der Waals surface area (Å²) in [5, 5.41) is 9.69. The molecule has 0 radical (unpaired) electrons. The molecule has 0 aliphatic heterocycles. The largest absolute Gasteiger partial charge is 0.497 e. The molecule has 0 atom stereocenters. The van der Waals surface area contributed by atoms with Crippen LogP contribution in [-0.4, -0.2) is 22.8 Å². The van der Waals surface area contributed by atoms with Crippen LogP contribution in [0.3, 0.4) is 0 Å². The van der Waals surface area contributed by atoms with Gasteiger partial charge in [0.1, 0.15) is 5.75 Å². The Morgan fingerprint density at radius 1 is 1.32 bits per heavy atom. The van der Waals surface area contributed by atoms with Crippen LogP contribution in [0.1, 0.15) is 21.7 Å².